The fraction of sp³-hybridized carbons (Fsp3) is 0.556. The van der Waals surface area contributed by atoms with Crippen LogP contribution in [0.15, 0.2) is 18.2 Å². The van der Waals surface area contributed by atoms with Gasteiger partial charge in [-0.2, -0.15) is 0 Å². The van der Waals surface area contributed by atoms with E-state index < -0.39 is 0 Å². The molecule has 5 nitrogen and oxygen atoms in total. The van der Waals surface area contributed by atoms with Crippen LogP contribution < -0.4 is 15.5 Å². The number of hydrogen-bond donors (Lipinski definition) is 2. The van der Waals surface area contributed by atoms with Gasteiger partial charge in [-0.25, -0.2) is 4.79 Å². The van der Waals surface area contributed by atoms with Gasteiger partial charge in [-0.15, -0.1) is 0 Å². The molecule has 1 aromatic carbocycles. The third-order valence-electron chi connectivity index (χ3n) is 4.27. The minimum Gasteiger partial charge on any atom is -0.338 e. The van der Waals surface area contributed by atoms with E-state index in [4.69, 9.17) is 0 Å². The third-order valence-corrected chi connectivity index (χ3v) is 4.27. The summed E-state index contributed by atoms with van der Waals surface area (Å²) in [4.78, 5) is 25.9. The lowest BCUT2D eigenvalue weighted by molar-refractivity contribution is -0.117. The highest BCUT2D eigenvalue weighted by Gasteiger charge is 2.31. The van der Waals surface area contributed by atoms with E-state index in [0.717, 1.165) is 17.7 Å². The largest absolute Gasteiger partial charge is 0.338 e. The molecule has 1 fully saturated rings. The Kier molecular flexibility index (Phi) is 5.64. The normalized spacial score (nSPS) is 17.7. The fourth-order valence-corrected chi connectivity index (χ4v) is 2.66. The van der Waals surface area contributed by atoms with Crippen LogP contribution in [-0.2, 0) is 4.79 Å². The van der Waals surface area contributed by atoms with Crippen LogP contribution >= 0.6 is 0 Å². The minimum atomic E-state index is -0.189. The van der Waals surface area contributed by atoms with Crippen LogP contribution in [0.3, 0.4) is 0 Å². The predicted octanol–water partition coefficient (Wildman–Crippen LogP) is 2.75. The van der Waals surface area contributed by atoms with Gasteiger partial charge in [-0.1, -0.05) is 19.9 Å². The lowest BCUT2D eigenvalue weighted by atomic mass is 10.1. The molecule has 0 saturated carbocycles. The number of carbonyl (C=O) groups is 2. The van der Waals surface area contributed by atoms with E-state index in [2.05, 4.69) is 31.4 Å². The van der Waals surface area contributed by atoms with Crippen molar-refractivity contribution < 1.29 is 9.59 Å². The first-order valence-corrected chi connectivity index (χ1v) is 8.28. The molecule has 2 rings (SSSR count). The lowest BCUT2D eigenvalue weighted by Gasteiger charge is -2.18. The standard InChI is InChI=1S/C18H27N3O2/c1-12(2)7-8-19-18(23)20-15-10-17(22)21(11-15)16-6-5-13(3)14(4)9-16/h5-6,9,12,15H,7-8,10-11H2,1-4H3,(H2,19,20,23)/t15-/m1/s1. The molecule has 1 aliphatic rings. The van der Waals surface area contributed by atoms with Gasteiger partial charge in [0.25, 0.3) is 0 Å². The lowest BCUT2D eigenvalue weighted by Crippen LogP contribution is -2.43. The second-order valence-electron chi connectivity index (χ2n) is 6.76. The van der Waals surface area contributed by atoms with E-state index >= 15 is 0 Å². The molecule has 0 aromatic heterocycles. The average molecular weight is 317 g/mol. The first kappa shape index (κ1) is 17.3. The number of benzene rings is 1. The molecule has 23 heavy (non-hydrogen) atoms. The van der Waals surface area contributed by atoms with Crippen LogP contribution in [0.1, 0.15) is 37.8 Å². The molecule has 1 heterocycles. The maximum absolute atomic E-state index is 12.2. The molecule has 1 aromatic rings. The van der Waals surface area contributed by atoms with Crippen molar-refractivity contribution in [1.29, 1.82) is 0 Å². The summed E-state index contributed by atoms with van der Waals surface area (Å²) in [7, 11) is 0. The number of nitrogens with zero attached hydrogens (tertiary/aromatic N) is 1. The zero-order valence-electron chi connectivity index (χ0n) is 14.5. The topological polar surface area (TPSA) is 61.4 Å². The maximum atomic E-state index is 12.2. The van der Waals surface area contributed by atoms with E-state index in [1.807, 2.05) is 25.1 Å². The van der Waals surface area contributed by atoms with Gasteiger partial charge in [0.2, 0.25) is 5.91 Å². The molecule has 1 saturated heterocycles. The number of hydrogen-bond acceptors (Lipinski definition) is 2. The van der Waals surface area contributed by atoms with Gasteiger partial charge < -0.3 is 15.5 Å². The molecule has 1 atom stereocenters. The summed E-state index contributed by atoms with van der Waals surface area (Å²) in [5.74, 6) is 0.615. The Morgan fingerprint density at radius 2 is 2.04 bits per heavy atom. The molecule has 5 heteroatoms. The molecule has 0 unspecified atom stereocenters. The molecule has 0 bridgehead atoms. The molecule has 0 aliphatic carbocycles. The van der Waals surface area contributed by atoms with Gasteiger partial charge in [0.05, 0.1) is 6.04 Å². The number of carbonyl (C=O) groups excluding carboxylic acids is 2. The van der Waals surface area contributed by atoms with Crippen molar-refractivity contribution in [3.63, 3.8) is 0 Å². The van der Waals surface area contributed by atoms with E-state index in [9.17, 15) is 9.59 Å². The molecule has 2 N–H and O–H groups in total. The SMILES string of the molecule is Cc1ccc(N2C[C@H](NC(=O)NCCC(C)C)CC2=O)cc1C. The summed E-state index contributed by atoms with van der Waals surface area (Å²) in [6, 6.07) is 5.69. The number of anilines is 1. The Bertz CT molecular complexity index is 584. The molecule has 3 amide bonds. The average Bonchev–Trinajstić information content (AvgIpc) is 2.82. The van der Waals surface area contributed by atoms with E-state index in [0.29, 0.717) is 25.4 Å². The first-order valence-electron chi connectivity index (χ1n) is 8.28. The molecule has 0 spiro atoms. The molecule has 0 radical (unpaired) electrons. The van der Waals surface area contributed by atoms with Crippen LogP contribution in [0, 0.1) is 19.8 Å². The van der Waals surface area contributed by atoms with Gasteiger partial charge in [0, 0.05) is 25.2 Å². The molecule has 126 valence electrons. The summed E-state index contributed by atoms with van der Waals surface area (Å²) >= 11 is 0. The zero-order valence-corrected chi connectivity index (χ0v) is 14.5. The monoisotopic (exact) mass is 317 g/mol. The van der Waals surface area contributed by atoms with Crippen molar-refractivity contribution in [2.45, 2.75) is 46.6 Å². The summed E-state index contributed by atoms with van der Waals surface area (Å²) in [6.07, 6.45) is 1.30. The maximum Gasteiger partial charge on any atom is 0.315 e. The van der Waals surface area contributed by atoms with Crippen LogP contribution in [0.25, 0.3) is 0 Å². The van der Waals surface area contributed by atoms with Gasteiger partial charge in [0.1, 0.15) is 0 Å². The highest BCUT2D eigenvalue weighted by Crippen LogP contribution is 2.24. The van der Waals surface area contributed by atoms with Crippen molar-refractivity contribution >= 4 is 17.6 Å². The second-order valence-corrected chi connectivity index (χ2v) is 6.76. The van der Waals surface area contributed by atoms with Crippen LogP contribution in [0.5, 0.6) is 0 Å². The van der Waals surface area contributed by atoms with Crippen molar-refractivity contribution in [3.8, 4) is 0 Å². The van der Waals surface area contributed by atoms with E-state index in [-0.39, 0.29) is 18.0 Å². The summed E-state index contributed by atoms with van der Waals surface area (Å²) in [5, 5.41) is 5.74. The van der Waals surface area contributed by atoms with Gasteiger partial charge in [-0.05, 0) is 49.4 Å². The first-order chi connectivity index (χ1) is 10.9. The van der Waals surface area contributed by atoms with E-state index in [1.54, 1.807) is 4.90 Å². The quantitative estimate of drug-likeness (QED) is 0.877. The highest BCUT2D eigenvalue weighted by molar-refractivity contribution is 5.96. The van der Waals surface area contributed by atoms with Crippen LogP contribution in [-0.4, -0.2) is 31.1 Å². The Labute approximate surface area is 138 Å². The van der Waals surface area contributed by atoms with Gasteiger partial charge >= 0.3 is 6.03 Å². The highest BCUT2D eigenvalue weighted by atomic mass is 16.2. The Morgan fingerprint density at radius 3 is 2.70 bits per heavy atom. The Balaban J connectivity index is 1.89. The number of urea groups is 1. The Hall–Kier alpha value is -2.04. The van der Waals surface area contributed by atoms with Crippen molar-refractivity contribution in [1.82, 2.24) is 10.6 Å². The van der Waals surface area contributed by atoms with Gasteiger partial charge in [-0.3, -0.25) is 4.79 Å². The van der Waals surface area contributed by atoms with Crippen LogP contribution in [0.4, 0.5) is 10.5 Å². The van der Waals surface area contributed by atoms with Gasteiger partial charge in [0.15, 0.2) is 0 Å². The number of rotatable bonds is 5. The second kappa shape index (κ2) is 7.49. The molecular weight excluding hydrogens is 290 g/mol. The minimum absolute atomic E-state index is 0.0562. The summed E-state index contributed by atoms with van der Waals surface area (Å²) < 4.78 is 0. The van der Waals surface area contributed by atoms with Crippen LogP contribution in [0.2, 0.25) is 0 Å². The van der Waals surface area contributed by atoms with Crippen molar-refractivity contribution in [2.24, 2.45) is 5.92 Å². The van der Waals surface area contributed by atoms with Crippen molar-refractivity contribution in [2.75, 3.05) is 18.0 Å². The Morgan fingerprint density at radius 1 is 1.30 bits per heavy atom. The van der Waals surface area contributed by atoms with Crippen molar-refractivity contribution in [3.05, 3.63) is 29.3 Å². The van der Waals surface area contributed by atoms with E-state index in [1.165, 1.54) is 5.56 Å². The number of amides is 3. The zero-order chi connectivity index (χ0) is 17.0. The molecular formula is C18H27N3O2. The predicted molar refractivity (Wildman–Crippen MR) is 92.7 cm³/mol. The number of nitrogens with one attached hydrogen (secondary N) is 2. The molecule has 1 aliphatic heterocycles. The number of aryl methyl sites for hydroxylation is 2. The fourth-order valence-electron chi connectivity index (χ4n) is 2.66. The third kappa shape index (κ3) is 4.71. The summed E-state index contributed by atoms with van der Waals surface area (Å²) in [5.41, 5.74) is 3.28. The summed E-state index contributed by atoms with van der Waals surface area (Å²) in [6.45, 7) is 9.52. The smallest absolute Gasteiger partial charge is 0.315 e.